The van der Waals surface area contributed by atoms with Gasteiger partial charge in [-0.1, -0.05) is 20.8 Å². The van der Waals surface area contributed by atoms with Crippen LogP contribution in [0, 0.1) is 5.41 Å². The van der Waals surface area contributed by atoms with Gasteiger partial charge in [0.1, 0.15) is 0 Å². The van der Waals surface area contributed by atoms with Crippen LogP contribution in [0.3, 0.4) is 0 Å². The van der Waals surface area contributed by atoms with Crippen molar-refractivity contribution in [3.05, 3.63) is 18.7 Å². The molecule has 0 aromatic carbocycles. The molecular weight excluding hydrogens is 270 g/mol. The minimum absolute atomic E-state index is 0.351. The van der Waals surface area contributed by atoms with E-state index in [0.717, 1.165) is 0 Å². The first-order valence-electron chi connectivity index (χ1n) is 5.78. The van der Waals surface area contributed by atoms with Crippen molar-refractivity contribution >= 4 is 16.0 Å². The standard InChI is InChI=1S/C11H19N3O4S/c1-11(2,3)9(6-14-5-4-12-8-14)13-19(17,18)7-10(15)16/h4-5,8-9,13H,6-7H2,1-3H3,(H,15,16). The van der Waals surface area contributed by atoms with Gasteiger partial charge in [0.2, 0.25) is 10.0 Å². The largest absolute Gasteiger partial charge is 0.480 e. The Balaban J connectivity index is 2.84. The van der Waals surface area contributed by atoms with Gasteiger partial charge in [-0.15, -0.1) is 0 Å². The number of imidazole rings is 1. The Hall–Kier alpha value is -1.41. The van der Waals surface area contributed by atoms with Gasteiger partial charge in [-0.05, 0) is 5.41 Å². The number of aliphatic carboxylic acids is 1. The number of hydrogen-bond acceptors (Lipinski definition) is 4. The highest BCUT2D eigenvalue weighted by atomic mass is 32.2. The summed E-state index contributed by atoms with van der Waals surface area (Å²) < 4.78 is 27.6. The minimum Gasteiger partial charge on any atom is -0.480 e. The van der Waals surface area contributed by atoms with E-state index >= 15 is 0 Å². The normalized spacial score (nSPS) is 14.3. The van der Waals surface area contributed by atoms with Crippen molar-refractivity contribution in [1.29, 1.82) is 0 Å². The predicted octanol–water partition coefficient (Wildman–Crippen LogP) is 0.302. The van der Waals surface area contributed by atoms with E-state index in [1.54, 1.807) is 23.3 Å². The van der Waals surface area contributed by atoms with Crippen LogP contribution in [0.15, 0.2) is 18.7 Å². The van der Waals surface area contributed by atoms with Crippen molar-refractivity contribution in [3.63, 3.8) is 0 Å². The lowest BCUT2D eigenvalue weighted by atomic mass is 9.87. The zero-order valence-electron chi connectivity index (χ0n) is 11.2. The highest BCUT2D eigenvalue weighted by Gasteiger charge is 2.30. The molecule has 0 amide bonds. The van der Waals surface area contributed by atoms with Crippen molar-refractivity contribution in [1.82, 2.24) is 14.3 Å². The zero-order valence-corrected chi connectivity index (χ0v) is 12.0. The van der Waals surface area contributed by atoms with E-state index in [2.05, 4.69) is 9.71 Å². The lowest BCUT2D eigenvalue weighted by molar-refractivity contribution is -0.134. The number of hydrogen-bond donors (Lipinski definition) is 2. The topological polar surface area (TPSA) is 101 Å². The summed E-state index contributed by atoms with van der Waals surface area (Å²) in [7, 11) is -3.85. The number of carbonyl (C=O) groups is 1. The molecule has 0 aliphatic carbocycles. The van der Waals surface area contributed by atoms with Gasteiger partial charge in [0, 0.05) is 25.0 Å². The second-order valence-electron chi connectivity index (χ2n) is 5.45. The Morgan fingerprint density at radius 1 is 1.47 bits per heavy atom. The maximum Gasteiger partial charge on any atom is 0.320 e. The molecule has 0 saturated carbocycles. The average Bonchev–Trinajstić information content (AvgIpc) is 2.65. The van der Waals surface area contributed by atoms with Crippen molar-refractivity contribution < 1.29 is 18.3 Å². The van der Waals surface area contributed by atoms with Crippen molar-refractivity contribution in [3.8, 4) is 0 Å². The van der Waals surface area contributed by atoms with Crippen LogP contribution in [0.2, 0.25) is 0 Å². The van der Waals surface area contributed by atoms with Crippen LogP contribution in [0.1, 0.15) is 20.8 Å². The van der Waals surface area contributed by atoms with Crippen LogP contribution in [0.25, 0.3) is 0 Å². The molecular formula is C11H19N3O4S. The van der Waals surface area contributed by atoms with E-state index in [1.165, 1.54) is 0 Å². The van der Waals surface area contributed by atoms with Gasteiger partial charge < -0.3 is 9.67 Å². The van der Waals surface area contributed by atoms with Gasteiger partial charge in [-0.3, -0.25) is 4.79 Å². The SMILES string of the molecule is CC(C)(C)C(Cn1ccnc1)NS(=O)(=O)CC(=O)O. The summed E-state index contributed by atoms with van der Waals surface area (Å²) in [6.45, 7) is 6.05. The summed E-state index contributed by atoms with van der Waals surface area (Å²) in [5.41, 5.74) is -0.351. The zero-order chi connectivity index (χ0) is 14.7. The van der Waals surface area contributed by atoms with Gasteiger partial charge in [0.25, 0.3) is 0 Å². The summed E-state index contributed by atoms with van der Waals surface area (Å²) in [5, 5.41) is 8.59. The number of carboxylic acids is 1. The number of carboxylic acid groups (broad SMARTS) is 1. The molecule has 1 aromatic rings. The van der Waals surface area contributed by atoms with E-state index < -0.39 is 27.8 Å². The number of aromatic nitrogens is 2. The molecule has 0 fully saturated rings. The van der Waals surface area contributed by atoms with Gasteiger partial charge >= 0.3 is 5.97 Å². The maximum atomic E-state index is 11.7. The third-order valence-corrected chi connectivity index (χ3v) is 3.90. The third kappa shape index (κ3) is 5.39. The molecule has 1 atom stereocenters. The Morgan fingerprint density at radius 2 is 2.11 bits per heavy atom. The summed E-state index contributed by atoms with van der Waals surface area (Å²) in [5.74, 6) is -2.30. The second kappa shape index (κ2) is 5.70. The third-order valence-electron chi connectivity index (χ3n) is 2.63. The maximum absolute atomic E-state index is 11.7. The van der Waals surface area contributed by atoms with Crippen LogP contribution in [-0.2, 0) is 21.4 Å². The van der Waals surface area contributed by atoms with Crippen molar-refractivity contribution in [2.45, 2.75) is 33.4 Å². The quantitative estimate of drug-likeness (QED) is 0.784. The molecule has 1 aromatic heterocycles. The minimum atomic E-state index is -3.85. The fourth-order valence-electron chi connectivity index (χ4n) is 1.51. The number of sulfonamides is 1. The van der Waals surface area contributed by atoms with Crippen LogP contribution >= 0.6 is 0 Å². The van der Waals surface area contributed by atoms with Gasteiger partial charge in [0.15, 0.2) is 5.75 Å². The Morgan fingerprint density at radius 3 is 2.53 bits per heavy atom. The molecule has 19 heavy (non-hydrogen) atoms. The summed E-state index contributed by atoms with van der Waals surface area (Å²) in [6, 6.07) is -0.425. The highest BCUT2D eigenvalue weighted by molar-refractivity contribution is 7.90. The number of nitrogens with one attached hydrogen (secondary N) is 1. The summed E-state index contributed by atoms with van der Waals surface area (Å²) >= 11 is 0. The Bertz CT molecular complexity index is 517. The lowest BCUT2D eigenvalue weighted by Gasteiger charge is -2.31. The number of nitrogens with zero attached hydrogens (tertiary/aromatic N) is 2. The Kier molecular flexibility index (Phi) is 4.70. The molecule has 7 nitrogen and oxygen atoms in total. The molecule has 0 aliphatic rings. The molecule has 0 spiro atoms. The molecule has 8 heteroatoms. The molecule has 1 rings (SSSR count). The highest BCUT2D eigenvalue weighted by Crippen LogP contribution is 2.21. The first-order chi connectivity index (χ1) is 8.60. The fraction of sp³-hybridized carbons (Fsp3) is 0.636. The molecule has 0 radical (unpaired) electrons. The van der Waals surface area contributed by atoms with Gasteiger partial charge in [-0.25, -0.2) is 18.1 Å². The van der Waals surface area contributed by atoms with E-state index in [9.17, 15) is 13.2 Å². The van der Waals surface area contributed by atoms with Crippen LogP contribution in [0.4, 0.5) is 0 Å². The predicted molar refractivity (Wildman–Crippen MR) is 70.0 cm³/mol. The first kappa shape index (κ1) is 15.6. The monoisotopic (exact) mass is 289 g/mol. The second-order valence-corrected chi connectivity index (χ2v) is 7.20. The van der Waals surface area contributed by atoms with E-state index in [-0.39, 0.29) is 5.41 Å². The molecule has 0 saturated heterocycles. The van der Waals surface area contributed by atoms with Crippen LogP contribution in [-0.4, -0.2) is 40.8 Å². The average molecular weight is 289 g/mol. The van der Waals surface area contributed by atoms with Crippen LogP contribution in [0.5, 0.6) is 0 Å². The summed E-state index contributed by atoms with van der Waals surface area (Å²) in [4.78, 5) is 14.4. The summed E-state index contributed by atoms with van der Waals surface area (Å²) in [6.07, 6.45) is 4.92. The smallest absolute Gasteiger partial charge is 0.320 e. The molecule has 0 bridgehead atoms. The lowest BCUT2D eigenvalue weighted by Crippen LogP contribution is -2.47. The van der Waals surface area contributed by atoms with E-state index in [1.807, 2.05) is 20.8 Å². The van der Waals surface area contributed by atoms with Gasteiger partial charge in [0.05, 0.1) is 6.33 Å². The van der Waals surface area contributed by atoms with Gasteiger partial charge in [-0.2, -0.15) is 0 Å². The molecule has 2 N–H and O–H groups in total. The fourth-order valence-corrected chi connectivity index (χ4v) is 2.78. The number of rotatable bonds is 6. The molecule has 1 unspecified atom stereocenters. The van der Waals surface area contributed by atoms with E-state index in [0.29, 0.717) is 6.54 Å². The van der Waals surface area contributed by atoms with Crippen molar-refractivity contribution in [2.75, 3.05) is 5.75 Å². The molecule has 108 valence electrons. The first-order valence-corrected chi connectivity index (χ1v) is 7.43. The Labute approximate surface area is 112 Å². The van der Waals surface area contributed by atoms with E-state index in [4.69, 9.17) is 5.11 Å². The molecule has 0 aliphatic heterocycles. The van der Waals surface area contributed by atoms with Crippen LogP contribution < -0.4 is 4.72 Å². The molecule has 1 heterocycles. The van der Waals surface area contributed by atoms with Crippen molar-refractivity contribution in [2.24, 2.45) is 5.41 Å².